The average Bonchev–Trinajstić information content (AvgIpc) is 2.42. The molecule has 104 valence electrons. The number of pyridine rings is 1. The summed E-state index contributed by atoms with van der Waals surface area (Å²) >= 11 is 11.6. The summed E-state index contributed by atoms with van der Waals surface area (Å²) in [4.78, 5) is 17.9. The zero-order chi connectivity index (χ0) is 13.8. The first-order chi connectivity index (χ1) is 9.08. The maximum absolute atomic E-state index is 12.3. The van der Waals surface area contributed by atoms with Crippen LogP contribution in [0.5, 0.6) is 0 Å². The lowest BCUT2D eigenvalue weighted by Crippen LogP contribution is -2.32. The standard InChI is InChI=1S/C14H18Cl2N2O/c1-18(9-10-5-3-2-4-6-10)14(19)11-7-12(15)13(16)17-8-11/h7-8,10H,2-6,9H2,1H3. The summed E-state index contributed by atoms with van der Waals surface area (Å²) in [5.41, 5.74) is 0.493. The number of hydrogen-bond acceptors (Lipinski definition) is 2. The minimum absolute atomic E-state index is 0.0448. The van der Waals surface area contributed by atoms with Crippen molar-refractivity contribution in [1.82, 2.24) is 9.88 Å². The Morgan fingerprint density at radius 3 is 2.68 bits per heavy atom. The predicted molar refractivity (Wildman–Crippen MR) is 77.8 cm³/mol. The van der Waals surface area contributed by atoms with Crippen molar-refractivity contribution in [2.75, 3.05) is 13.6 Å². The van der Waals surface area contributed by atoms with E-state index in [2.05, 4.69) is 4.98 Å². The van der Waals surface area contributed by atoms with Crippen LogP contribution in [0.25, 0.3) is 0 Å². The molecule has 1 aliphatic carbocycles. The number of nitrogens with zero attached hydrogens (tertiary/aromatic N) is 2. The van der Waals surface area contributed by atoms with Crippen LogP contribution in [0.15, 0.2) is 12.3 Å². The summed E-state index contributed by atoms with van der Waals surface area (Å²) < 4.78 is 0. The van der Waals surface area contributed by atoms with Crippen LogP contribution in [0.4, 0.5) is 0 Å². The molecule has 1 heterocycles. The fourth-order valence-corrected chi connectivity index (χ4v) is 2.87. The van der Waals surface area contributed by atoms with E-state index < -0.39 is 0 Å². The summed E-state index contributed by atoms with van der Waals surface area (Å²) in [6.45, 7) is 0.805. The molecule has 5 heteroatoms. The number of carbonyl (C=O) groups excluding carboxylic acids is 1. The Hall–Kier alpha value is -0.800. The predicted octanol–water partition coefficient (Wildman–Crippen LogP) is 4.04. The zero-order valence-electron chi connectivity index (χ0n) is 11.0. The van der Waals surface area contributed by atoms with E-state index in [1.165, 1.54) is 38.3 Å². The monoisotopic (exact) mass is 300 g/mol. The van der Waals surface area contributed by atoms with Gasteiger partial charge >= 0.3 is 0 Å². The Balaban J connectivity index is 1.99. The van der Waals surface area contributed by atoms with Crippen LogP contribution in [0.2, 0.25) is 10.2 Å². The lowest BCUT2D eigenvalue weighted by Gasteiger charge is -2.27. The van der Waals surface area contributed by atoms with E-state index in [9.17, 15) is 4.79 Å². The fraction of sp³-hybridized carbons (Fsp3) is 0.571. The molecule has 19 heavy (non-hydrogen) atoms. The number of amides is 1. The first kappa shape index (κ1) is 14.6. The Labute approximate surface area is 123 Å². The molecule has 0 atom stereocenters. The van der Waals surface area contributed by atoms with Crippen LogP contribution in [0, 0.1) is 5.92 Å². The quantitative estimate of drug-likeness (QED) is 0.789. The molecule has 0 saturated heterocycles. The lowest BCUT2D eigenvalue weighted by molar-refractivity contribution is 0.0760. The molecule has 0 aromatic carbocycles. The largest absolute Gasteiger partial charge is 0.341 e. The van der Waals surface area contributed by atoms with E-state index in [1.807, 2.05) is 7.05 Å². The Morgan fingerprint density at radius 1 is 1.37 bits per heavy atom. The van der Waals surface area contributed by atoms with E-state index in [0.717, 1.165) is 6.54 Å². The van der Waals surface area contributed by atoms with Gasteiger partial charge in [-0.25, -0.2) is 4.98 Å². The first-order valence-electron chi connectivity index (χ1n) is 6.64. The highest BCUT2D eigenvalue weighted by molar-refractivity contribution is 6.41. The second kappa shape index (κ2) is 6.58. The molecule has 0 spiro atoms. The van der Waals surface area contributed by atoms with Crippen molar-refractivity contribution >= 4 is 29.1 Å². The molecule has 2 rings (SSSR count). The van der Waals surface area contributed by atoms with E-state index >= 15 is 0 Å². The second-order valence-electron chi connectivity index (χ2n) is 5.19. The molecule has 1 amide bonds. The van der Waals surface area contributed by atoms with Crippen molar-refractivity contribution in [1.29, 1.82) is 0 Å². The molecular formula is C14H18Cl2N2O. The van der Waals surface area contributed by atoms with E-state index in [0.29, 0.717) is 16.5 Å². The number of carbonyl (C=O) groups is 1. The van der Waals surface area contributed by atoms with Crippen molar-refractivity contribution in [2.24, 2.45) is 5.92 Å². The molecule has 0 aliphatic heterocycles. The van der Waals surface area contributed by atoms with Crippen LogP contribution in [-0.4, -0.2) is 29.4 Å². The van der Waals surface area contributed by atoms with Crippen LogP contribution in [-0.2, 0) is 0 Å². The summed E-state index contributed by atoms with van der Waals surface area (Å²) in [5, 5.41) is 0.548. The third kappa shape index (κ3) is 3.83. The topological polar surface area (TPSA) is 33.2 Å². The Bertz CT molecular complexity index is 459. The maximum atomic E-state index is 12.3. The zero-order valence-corrected chi connectivity index (χ0v) is 12.5. The summed E-state index contributed by atoms with van der Waals surface area (Å²) in [5.74, 6) is 0.579. The van der Waals surface area contributed by atoms with Crippen molar-refractivity contribution in [3.8, 4) is 0 Å². The maximum Gasteiger partial charge on any atom is 0.255 e. The third-order valence-electron chi connectivity index (χ3n) is 3.65. The fourth-order valence-electron chi connectivity index (χ4n) is 2.60. The highest BCUT2D eigenvalue weighted by atomic mass is 35.5. The molecule has 3 nitrogen and oxygen atoms in total. The molecule has 1 saturated carbocycles. The van der Waals surface area contributed by atoms with Crippen LogP contribution in [0.1, 0.15) is 42.5 Å². The number of hydrogen-bond donors (Lipinski definition) is 0. The smallest absolute Gasteiger partial charge is 0.255 e. The van der Waals surface area contributed by atoms with Crippen LogP contribution >= 0.6 is 23.2 Å². The van der Waals surface area contributed by atoms with Gasteiger partial charge in [0.2, 0.25) is 0 Å². The van der Waals surface area contributed by atoms with Gasteiger partial charge in [0.1, 0.15) is 5.15 Å². The Kier molecular flexibility index (Phi) is 5.06. The molecule has 0 bridgehead atoms. The van der Waals surface area contributed by atoms with Gasteiger partial charge in [0.25, 0.3) is 5.91 Å². The first-order valence-corrected chi connectivity index (χ1v) is 7.40. The molecule has 1 aromatic heterocycles. The molecule has 0 unspecified atom stereocenters. The van der Waals surface area contributed by atoms with Gasteiger partial charge in [-0.2, -0.15) is 0 Å². The van der Waals surface area contributed by atoms with Crippen molar-refractivity contribution < 1.29 is 4.79 Å². The Morgan fingerprint density at radius 2 is 2.05 bits per heavy atom. The highest BCUT2D eigenvalue weighted by Gasteiger charge is 2.19. The molecule has 0 radical (unpaired) electrons. The minimum atomic E-state index is -0.0448. The van der Waals surface area contributed by atoms with Crippen LogP contribution < -0.4 is 0 Å². The van der Waals surface area contributed by atoms with Gasteiger partial charge in [0.05, 0.1) is 10.6 Å². The van der Waals surface area contributed by atoms with Crippen molar-refractivity contribution in [2.45, 2.75) is 32.1 Å². The number of rotatable bonds is 3. The molecule has 1 aromatic rings. The number of aromatic nitrogens is 1. The normalized spacial score (nSPS) is 16.4. The molecule has 1 fully saturated rings. The molecule has 1 aliphatic rings. The van der Waals surface area contributed by atoms with Crippen molar-refractivity contribution in [3.05, 3.63) is 28.0 Å². The second-order valence-corrected chi connectivity index (χ2v) is 5.95. The van der Waals surface area contributed by atoms with Gasteiger partial charge in [-0.05, 0) is 24.8 Å². The lowest BCUT2D eigenvalue weighted by atomic mass is 9.89. The highest BCUT2D eigenvalue weighted by Crippen LogP contribution is 2.25. The van der Waals surface area contributed by atoms with Gasteiger partial charge in [0.15, 0.2) is 0 Å². The van der Waals surface area contributed by atoms with E-state index in [1.54, 1.807) is 11.0 Å². The van der Waals surface area contributed by atoms with Gasteiger partial charge in [-0.15, -0.1) is 0 Å². The SMILES string of the molecule is CN(CC1CCCCC1)C(=O)c1cnc(Cl)c(Cl)c1. The van der Waals surface area contributed by atoms with E-state index in [4.69, 9.17) is 23.2 Å². The summed E-state index contributed by atoms with van der Waals surface area (Å²) in [6, 6.07) is 1.58. The molecule has 0 N–H and O–H groups in total. The van der Waals surface area contributed by atoms with Crippen molar-refractivity contribution in [3.63, 3.8) is 0 Å². The molecular weight excluding hydrogens is 283 g/mol. The average molecular weight is 301 g/mol. The van der Waals surface area contributed by atoms with E-state index in [-0.39, 0.29) is 11.1 Å². The third-order valence-corrected chi connectivity index (χ3v) is 4.33. The minimum Gasteiger partial charge on any atom is -0.341 e. The summed E-state index contributed by atoms with van der Waals surface area (Å²) in [7, 11) is 1.83. The summed E-state index contributed by atoms with van der Waals surface area (Å²) in [6.07, 6.45) is 7.80. The van der Waals surface area contributed by atoms with Gasteiger partial charge < -0.3 is 4.90 Å². The number of halogens is 2. The van der Waals surface area contributed by atoms with Gasteiger partial charge in [-0.1, -0.05) is 42.5 Å². The van der Waals surface area contributed by atoms with Gasteiger partial charge in [0, 0.05) is 19.8 Å². The van der Waals surface area contributed by atoms with Crippen LogP contribution in [0.3, 0.4) is 0 Å². The van der Waals surface area contributed by atoms with Gasteiger partial charge in [-0.3, -0.25) is 4.79 Å².